The van der Waals surface area contributed by atoms with Gasteiger partial charge in [-0.25, -0.2) is 4.79 Å². The smallest absolute Gasteiger partial charge is 0.407 e. The summed E-state index contributed by atoms with van der Waals surface area (Å²) in [7, 11) is 1.64. The minimum Gasteiger partial charge on any atom is -0.493 e. The van der Waals surface area contributed by atoms with Crippen LogP contribution in [0.3, 0.4) is 0 Å². The average molecular weight is 664 g/mol. The van der Waals surface area contributed by atoms with Crippen LogP contribution in [-0.4, -0.2) is 63.0 Å². The van der Waals surface area contributed by atoms with Crippen LogP contribution in [0.15, 0.2) is 18.2 Å². The number of benzene rings is 1. The molecule has 0 heterocycles. The largest absolute Gasteiger partial charge is 0.493 e. The van der Waals surface area contributed by atoms with Crippen LogP contribution in [0.2, 0.25) is 0 Å². The van der Waals surface area contributed by atoms with Crippen molar-refractivity contribution in [1.29, 1.82) is 0 Å². The highest BCUT2D eigenvalue weighted by molar-refractivity contribution is 5.83. The molecule has 1 aromatic rings. The third kappa shape index (κ3) is 15.6. The first-order valence-electron chi connectivity index (χ1n) is 17.3. The second-order valence-electron chi connectivity index (χ2n) is 15.1. The molecule has 0 aliphatic rings. The van der Waals surface area contributed by atoms with Gasteiger partial charge in [-0.3, -0.25) is 9.59 Å². The Balaban J connectivity index is 3.25. The third-order valence-corrected chi connectivity index (χ3v) is 8.65. The van der Waals surface area contributed by atoms with E-state index >= 15 is 0 Å². The number of amides is 3. The highest BCUT2D eigenvalue weighted by Crippen LogP contribution is 2.33. The van der Waals surface area contributed by atoms with Crippen molar-refractivity contribution in [3.8, 4) is 11.5 Å². The molecule has 1 aromatic carbocycles. The van der Waals surface area contributed by atoms with Crippen molar-refractivity contribution in [3.63, 3.8) is 0 Å². The number of methoxy groups -OCH3 is 1. The molecule has 4 atom stereocenters. The lowest BCUT2D eigenvalue weighted by Crippen LogP contribution is -2.47. The monoisotopic (exact) mass is 663 g/mol. The lowest BCUT2D eigenvalue weighted by atomic mass is 9.77. The molecular formula is C37H65N3O7. The van der Waals surface area contributed by atoms with Gasteiger partial charge in [-0.05, 0) is 102 Å². The summed E-state index contributed by atoms with van der Waals surface area (Å²) in [5.41, 5.74) is 5.14. The lowest BCUT2D eigenvalue weighted by molar-refractivity contribution is -0.129. The van der Waals surface area contributed by atoms with Gasteiger partial charge in [0.2, 0.25) is 11.8 Å². The van der Waals surface area contributed by atoms with Crippen molar-refractivity contribution in [1.82, 2.24) is 10.6 Å². The van der Waals surface area contributed by atoms with E-state index in [1.807, 2.05) is 53.7 Å². The summed E-state index contributed by atoms with van der Waals surface area (Å²) in [6, 6.07) is 5.80. The molecule has 0 fully saturated rings. The molecule has 0 unspecified atom stereocenters. The highest BCUT2D eigenvalue weighted by atomic mass is 16.6. The van der Waals surface area contributed by atoms with E-state index in [1.54, 1.807) is 21.0 Å². The summed E-state index contributed by atoms with van der Waals surface area (Å²) in [5, 5.41) is 6.11. The third-order valence-electron chi connectivity index (χ3n) is 8.65. The summed E-state index contributed by atoms with van der Waals surface area (Å²) < 4.78 is 22.7. The van der Waals surface area contributed by atoms with E-state index < -0.39 is 23.0 Å². The fraction of sp³-hybridized carbons (Fsp3) is 0.757. The van der Waals surface area contributed by atoms with Crippen molar-refractivity contribution >= 4 is 17.9 Å². The Morgan fingerprint density at radius 3 is 2.11 bits per heavy atom. The van der Waals surface area contributed by atoms with Crippen molar-refractivity contribution in [2.45, 2.75) is 113 Å². The molecule has 0 spiro atoms. The molecule has 0 bridgehead atoms. The van der Waals surface area contributed by atoms with Crippen LogP contribution in [0.4, 0.5) is 4.79 Å². The molecule has 0 saturated carbocycles. The van der Waals surface area contributed by atoms with Crippen LogP contribution in [0.25, 0.3) is 0 Å². The molecule has 0 aliphatic carbocycles. The van der Waals surface area contributed by atoms with E-state index in [4.69, 9.17) is 24.7 Å². The maximum atomic E-state index is 13.4. The number of carbonyl (C=O) groups is 3. The molecule has 1 rings (SSSR count). The number of carbonyl (C=O) groups excluding carboxylic acids is 3. The normalized spacial score (nSPS) is 14.7. The zero-order valence-electron chi connectivity index (χ0n) is 31.3. The first kappa shape index (κ1) is 42.0. The molecule has 0 aromatic heterocycles. The second-order valence-corrected chi connectivity index (χ2v) is 15.1. The van der Waals surface area contributed by atoms with Crippen LogP contribution in [0.1, 0.15) is 101 Å². The van der Waals surface area contributed by atoms with Gasteiger partial charge in [0.15, 0.2) is 11.5 Å². The number of alkyl carbamates (subject to hydrolysis) is 1. The molecule has 0 saturated heterocycles. The van der Waals surface area contributed by atoms with Crippen LogP contribution in [0, 0.1) is 35.0 Å². The number of ether oxygens (including phenoxy) is 4. The average Bonchev–Trinajstić information content (AvgIpc) is 2.96. The number of rotatable bonds is 21. The minimum absolute atomic E-state index is 0.0449. The molecule has 0 aliphatic heterocycles. The Morgan fingerprint density at radius 1 is 0.915 bits per heavy atom. The van der Waals surface area contributed by atoms with Gasteiger partial charge in [-0.1, -0.05) is 40.7 Å². The van der Waals surface area contributed by atoms with Crippen LogP contribution in [0.5, 0.6) is 11.5 Å². The molecular weight excluding hydrogens is 598 g/mol. The first-order chi connectivity index (χ1) is 21.8. The number of nitrogens with two attached hydrogens (primary N) is 1. The molecule has 10 heteroatoms. The Morgan fingerprint density at radius 2 is 1.57 bits per heavy atom. The van der Waals surface area contributed by atoms with Crippen molar-refractivity contribution < 1.29 is 33.3 Å². The van der Waals surface area contributed by atoms with Crippen molar-refractivity contribution in [3.05, 3.63) is 23.8 Å². The maximum absolute atomic E-state index is 13.4. The standard InChI is InChI=1S/C37H65N3O7/c1-13-45-17-14-18-46-32-21-27(15-16-31(32)44-12)20-28(24(2)3)22-30(40-35(43)47-36(7,8)9)26(6)19-29(25(4)5)33(41)39-23-37(10,11)34(38)42/h15-16,21,24-26,28-30H,13-14,17-20,22-23H2,1-12H3,(H2,38,42)(H,39,41)(H,40,43)/t26-,28-,29-,30-/m0/s1. The van der Waals surface area contributed by atoms with Gasteiger partial charge < -0.3 is 35.3 Å². The predicted molar refractivity (Wildman–Crippen MR) is 187 cm³/mol. The highest BCUT2D eigenvalue weighted by Gasteiger charge is 2.33. The molecule has 10 nitrogen and oxygen atoms in total. The van der Waals surface area contributed by atoms with Crippen LogP contribution in [-0.2, 0) is 25.5 Å². The van der Waals surface area contributed by atoms with Gasteiger partial charge in [0.05, 0.1) is 19.1 Å². The van der Waals surface area contributed by atoms with Gasteiger partial charge in [0, 0.05) is 38.1 Å². The molecule has 3 amide bonds. The Bertz CT molecular complexity index is 1110. The fourth-order valence-electron chi connectivity index (χ4n) is 5.33. The lowest BCUT2D eigenvalue weighted by Gasteiger charge is -2.34. The topological polar surface area (TPSA) is 138 Å². The summed E-state index contributed by atoms with van der Waals surface area (Å²) in [6.45, 7) is 23.4. The summed E-state index contributed by atoms with van der Waals surface area (Å²) in [6.07, 6.45) is 2.32. The van der Waals surface area contributed by atoms with Crippen LogP contribution < -0.4 is 25.8 Å². The fourth-order valence-corrected chi connectivity index (χ4v) is 5.33. The van der Waals surface area contributed by atoms with Gasteiger partial charge >= 0.3 is 6.09 Å². The van der Waals surface area contributed by atoms with Crippen molar-refractivity contribution in [2.24, 2.45) is 40.7 Å². The molecule has 47 heavy (non-hydrogen) atoms. The molecule has 270 valence electrons. The Labute approximate surface area is 284 Å². The predicted octanol–water partition coefficient (Wildman–Crippen LogP) is 6.52. The van der Waals surface area contributed by atoms with E-state index in [9.17, 15) is 14.4 Å². The first-order valence-corrected chi connectivity index (χ1v) is 17.3. The number of hydrogen-bond acceptors (Lipinski definition) is 7. The number of nitrogens with one attached hydrogen (secondary N) is 2. The Hall–Kier alpha value is -3.01. The SMILES string of the molecule is CCOCCCOc1cc(C[C@@H](C[C@H](NC(=O)OC(C)(C)C)[C@@H](C)C[C@H](C(=O)NCC(C)(C)C(N)=O)C(C)C)C(C)C)ccc1OC. The zero-order chi connectivity index (χ0) is 35.9. The summed E-state index contributed by atoms with van der Waals surface area (Å²) in [5.74, 6) is 0.984. The van der Waals surface area contributed by atoms with E-state index in [1.165, 1.54) is 0 Å². The van der Waals surface area contributed by atoms with E-state index in [2.05, 4.69) is 37.5 Å². The summed E-state index contributed by atoms with van der Waals surface area (Å²) >= 11 is 0. The summed E-state index contributed by atoms with van der Waals surface area (Å²) in [4.78, 5) is 38.3. The molecule has 4 N–H and O–H groups in total. The van der Waals surface area contributed by atoms with Gasteiger partial charge in [-0.2, -0.15) is 0 Å². The van der Waals surface area contributed by atoms with E-state index in [0.29, 0.717) is 50.1 Å². The van der Waals surface area contributed by atoms with Gasteiger partial charge in [0.1, 0.15) is 5.60 Å². The van der Waals surface area contributed by atoms with Gasteiger partial charge in [-0.15, -0.1) is 0 Å². The minimum atomic E-state index is -0.857. The number of primary amides is 1. The zero-order valence-corrected chi connectivity index (χ0v) is 31.3. The second kappa shape index (κ2) is 19.7. The molecule has 0 radical (unpaired) electrons. The van der Waals surface area contributed by atoms with E-state index in [0.717, 1.165) is 18.4 Å². The Kier molecular flexibility index (Phi) is 17.6. The number of hydrogen-bond donors (Lipinski definition) is 3. The van der Waals surface area contributed by atoms with Gasteiger partial charge in [0.25, 0.3) is 0 Å². The van der Waals surface area contributed by atoms with Crippen molar-refractivity contribution in [2.75, 3.05) is 33.5 Å². The van der Waals surface area contributed by atoms with Crippen LogP contribution >= 0.6 is 0 Å². The maximum Gasteiger partial charge on any atom is 0.407 e. The van der Waals surface area contributed by atoms with E-state index in [-0.39, 0.29) is 42.2 Å². The quantitative estimate of drug-likeness (QED) is 0.127.